The Hall–Kier alpha value is -0.690. The van der Waals surface area contributed by atoms with Crippen LogP contribution in [0.25, 0.3) is 0 Å². The lowest BCUT2D eigenvalue weighted by Crippen LogP contribution is -2.31. The van der Waals surface area contributed by atoms with Gasteiger partial charge in [-0.2, -0.15) is 0 Å². The molecule has 0 aliphatic rings. The summed E-state index contributed by atoms with van der Waals surface area (Å²) in [5.74, 6) is 0.800. The molecule has 3 nitrogen and oxygen atoms in total. The van der Waals surface area contributed by atoms with E-state index >= 15 is 0 Å². The summed E-state index contributed by atoms with van der Waals surface area (Å²) in [6, 6.07) is 4.61. The fourth-order valence-corrected chi connectivity index (χ4v) is 2.49. The summed E-state index contributed by atoms with van der Waals surface area (Å²) in [6.07, 6.45) is 3.71. The number of rotatable bonds is 4. The van der Waals surface area contributed by atoms with Crippen molar-refractivity contribution in [3.05, 3.63) is 38.4 Å². The van der Waals surface area contributed by atoms with Crippen LogP contribution >= 0.6 is 33.9 Å². The van der Waals surface area contributed by atoms with Crippen LogP contribution in [0.15, 0.2) is 29.9 Å². The van der Waals surface area contributed by atoms with Gasteiger partial charge >= 0.3 is 0 Å². The third-order valence-electron chi connectivity index (χ3n) is 2.39. The maximum atomic E-state index is 4.39. The number of thiophene rings is 1. The van der Waals surface area contributed by atoms with Gasteiger partial charge in [0.25, 0.3) is 0 Å². The molecule has 0 amide bonds. The molecule has 2 heterocycles. The fraction of sp³-hybridized carbons (Fsp3) is 0.333. The predicted octanol–water partition coefficient (Wildman–Crippen LogP) is 3.56. The molecule has 0 aliphatic carbocycles. The second kappa shape index (κ2) is 5.77. The molecule has 0 atom stereocenters. The van der Waals surface area contributed by atoms with Crippen LogP contribution in [-0.2, 0) is 6.54 Å². The molecule has 0 fully saturated rings. The standard InChI is InChI=1S/C12H14IN3S/c1-9(2)16(8-11-4-3-5-17-11)12-14-6-10(13)7-15-12/h3-7,9H,8H2,1-2H3. The largest absolute Gasteiger partial charge is 0.333 e. The van der Waals surface area contributed by atoms with Crippen LogP contribution in [0.1, 0.15) is 18.7 Å². The summed E-state index contributed by atoms with van der Waals surface area (Å²) >= 11 is 3.99. The molecule has 0 unspecified atom stereocenters. The first-order valence-electron chi connectivity index (χ1n) is 5.43. The van der Waals surface area contributed by atoms with Crippen molar-refractivity contribution in [2.45, 2.75) is 26.4 Å². The zero-order chi connectivity index (χ0) is 12.3. The minimum Gasteiger partial charge on any atom is -0.333 e. The van der Waals surface area contributed by atoms with Crippen LogP contribution in [0.4, 0.5) is 5.95 Å². The second-order valence-electron chi connectivity index (χ2n) is 4.00. The van der Waals surface area contributed by atoms with E-state index in [1.807, 2.05) is 12.4 Å². The minimum atomic E-state index is 0.386. The van der Waals surface area contributed by atoms with E-state index in [9.17, 15) is 0 Å². The molecule has 0 aliphatic heterocycles. The highest BCUT2D eigenvalue weighted by molar-refractivity contribution is 14.1. The van der Waals surface area contributed by atoms with Gasteiger partial charge in [-0.1, -0.05) is 6.07 Å². The zero-order valence-electron chi connectivity index (χ0n) is 9.80. The third kappa shape index (κ3) is 3.38. The molecule has 0 spiro atoms. The van der Waals surface area contributed by atoms with Crippen molar-refractivity contribution in [2.75, 3.05) is 4.90 Å². The van der Waals surface area contributed by atoms with Crippen molar-refractivity contribution in [3.63, 3.8) is 0 Å². The number of halogens is 1. The monoisotopic (exact) mass is 359 g/mol. The molecular formula is C12H14IN3S. The minimum absolute atomic E-state index is 0.386. The topological polar surface area (TPSA) is 29.0 Å². The Bertz CT molecular complexity index is 453. The Morgan fingerprint density at radius 1 is 1.35 bits per heavy atom. The van der Waals surface area contributed by atoms with Gasteiger partial charge in [-0.15, -0.1) is 11.3 Å². The summed E-state index contributed by atoms with van der Waals surface area (Å²) in [5, 5.41) is 2.10. The summed E-state index contributed by atoms with van der Waals surface area (Å²) in [4.78, 5) is 12.3. The Morgan fingerprint density at radius 2 is 2.06 bits per heavy atom. The molecule has 90 valence electrons. The highest BCUT2D eigenvalue weighted by Crippen LogP contribution is 2.18. The normalized spacial score (nSPS) is 10.8. The number of nitrogens with zero attached hydrogens (tertiary/aromatic N) is 3. The quantitative estimate of drug-likeness (QED) is 0.782. The van der Waals surface area contributed by atoms with E-state index < -0.39 is 0 Å². The van der Waals surface area contributed by atoms with Gasteiger partial charge in [0.1, 0.15) is 0 Å². The summed E-state index contributed by atoms with van der Waals surface area (Å²) < 4.78 is 1.06. The van der Waals surface area contributed by atoms with E-state index in [-0.39, 0.29) is 0 Å². The molecule has 17 heavy (non-hydrogen) atoms. The lowest BCUT2D eigenvalue weighted by atomic mass is 10.3. The number of hydrogen-bond donors (Lipinski definition) is 0. The number of hydrogen-bond acceptors (Lipinski definition) is 4. The summed E-state index contributed by atoms with van der Waals surface area (Å²) in [5.41, 5.74) is 0. The van der Waals surface area contributed by atoms with Gasteiger partial charge in [-0.3, -0.25) is 0 Å². The predicted molar refractivity (Wildman–Crippen MR) is 80.4 cm³/mol. The van der Waals surface area contributed by atoms with Gasteiger partial charge in [-0.25, -0.2) is 9.97 Å². The Balaban J connectivity index is 2.20. The Morgan fingerprint density at radius 3 is 2.59 bits per heavy atom. The van der Waals surface area contributed by atoms with Gasteiger partial charge < -0.3 is 4.90 Å². The zero-order valence-corrected chi connectivity index (χ0v) is 12.8. The van der Waals surface area contributed by atoms with E-state index in [0.29, 0.717) is 6.04 Å². The molecule has 0 bridgehead atoms. The van der Waals surface area contributed by atoms with E-state index in [0.717, 1.165) is 16.1 Å². The smallest absolute Gasteiger partial charge is 0.225 e. The van der Waals surface area contributed by atoms with E-state index in [1.165, 1.54) is 4.88 Å². The van der Waals surface area contributed by atoms with E-state index in [4.69, 9.17) is 0 Å². The van der Waals surface area contributed by atoms with Crippen molar-refractivity contribution in [1.29, 1.82) is 0 Å². The third-order valence-corrected chi connectivity index (χ3v) is 3.81. The van der Waals surface area contributed by atoms with Crippen LogP contribution in [0, 0.1) is 3.57 Å². The molecular weight excluding hydrogens is 345 g/mol. The summed E-state index contributed by atoms with van der Waals surface area (Å²) in [7, 11) is 0. The molecule has 0 N–H and O–H groups in total. The molecule has 2 aromatic heterocycles. The maximum Gasteiger partial charge on any atom is 0.225 e. The van der Waals surface area contributed by atoms with Crippen LogP contribution in [0.3, 0.4) is 0 Å². The van der Waals surface area contributed by atoms with Gasteiger partial charge in [0.15, 0.2) is 0 Å². The average Bonchev–Trinajstić information content (AvgIpc) is 2.80. The van der Waals surface area contributed by atoms with Crippen LogP contribution < -0.4 is 4.90 Å². The van der Waals surface area contributed by atoms with Gasteiger partial charge in [0.05, 0.1) is 6.54 Å². The van der Waals surface area contributed by atoms with Crippen molar-refractivity contribution in [2.24, 2.45) is 0 Å². The molecule has 0 saturated heterocycles. The average molecular weight is 359 g/mol. The van der Waals surface area contributed by atoms with Gasteiger partial charge in [-0.05, 0) is 47.9 Å². The first-order chi connectivity index (χ1) is 8.16. The van der Waals surface area contributed by atoms with Gasteiger partial charge in [0, 0.05) is 26.9 Å². The second-order valence-corrected chi connectivity index (χ2v) is 6.28. The lowest BCUT2D eigenvalue weighted by Gasteiger charge is -2.26. The van der Waals surface area contributed by atoms with Gasteiger partial charge in [0.2, 0.25) is 5.95 Å². The van der Waals surface area contributed by atoms with Crippen LogP contribution in [-0.4, -0.2) is 16.0 Å². The first kappa shape index (κ1) is 12.8. The molecule has 0 aromatic carbocycles. The van der Waals surface area contributed by atoms with E-state index in [1.54, 1.807) is 11.3 Å². The molecule has 0 saturated carbocycles. The Kier molecular flexibility index (Phi) is 4.33. The van der Waals surface area contributed by atoms with Crippen molar-refractivity contribution >= 4 is 39.9 Å². The molecule has 2 aromatic rings. The van der Waals surface area contributed by atoms with Crippen LogP contribution in [0.5, 0.6) is 0 Å². The van der Waals surface area contributed by atoms with Crippen molar-refractivity contribution in [3.8, 4) is 0 Å². The SMILES string of the molecule is CC(C)N(Cc1cccs1)c1ncc(I)cn1. The summed E-state index contributed by atoms with van der Waals surface area (Å²) in [6.45, 7) is 5.19. The number of anilines is 1. The van der Waals surface area contributed by atoms with Crippen LogP contribution in [0.2, 0.25) is 0 Å². The maximum absolute atomic E-state index is 4.39. The van der Waals surface area contributed by atoms with E-state index in [2.05, 4.69) is 68.8 Å². The molecule has 5 heteroatoms. The fourth-order valence-electron chi connectivity index (χ4n) is 1.51. The highest BCUT2D eigenvalue weighted by atomic mass is 127. The molecule has 0 radical (unpaired) electrons. The number of aromatic nitrogens is 2. The molecule has 2 rings (SSSR count). The first-order valence-corrected chi connectivity index (χ1v) is 7.39. The highest BCUT2D eigenvalue weighted by Gasteiger charge is 2.14. The van der Waals surface area contributed by atoms with Crippen molar-refractivity contribution < 1.29 is 0 Å². The Labute approximate surface area is 119 Å². The van der Waals surface area contributed by atoms with Crippen molar-refractivity contribution in [1.82, 2.24) is 9.97 Å². The lowest BCUT2D eigenvalue weighted by molar-refractivity contribution is 0.664.